The van der Waals surface area contributed by atoms with Gasteiger partial charge in [-0.25, -0.2) is 8.78 Å². The molecule has 1 aliphatic carbocycles. The average Bonchev–Trinajstić information content (AvgIpc) is 2.90. The molecule has 1 unspecified atom stereocenters. The van der Waals surface area contributed by atoms with Gasteiger partial charge in [-0.2, -0.15) is 0 Å². The summed E-state index contributed by atoms with van der Waals surface area (Å²) in [6.07, 6.45) is 12.2. The van der Waals surface area contributed by atoms with E-state index in [1.165, 1.54) is 19.3 Å². The zero-order chi connectivity index (χ0) is 24.7. The van der Waals surface area contributed by atoms with Crippen LogP contribution in [0.15, 0.2) is 85.0 Å². The lowest BCUT2D eigenvalue weighted by Crippen LogP contribution is -2.31. The fraction of sp³-hybridized carbons (Fsp3) is 0.312. The molecule has 1 aliphatic rings. The van der Waals surface area contributed by atoms with Crippen molar-refractivity contribution in [3.05, 3.63) is 102 Å². The van der Waals surface area contributed by atoms with Crippen LogP contribution >= 0.6 is 0 Å². The molecule has 182 valence electrons. The summed E-state index contributed by atoms with van der Waals surface area (Å²) in [6.45, 7) is 4.83. The first-order valence-electron chi connectivity index (χ1n) is 12.7. The summed E-state index contributed by atoms with van der Waals surface area (Å²) < 4.78 is 36.5. The van der Waals surface area contributed by atoms with Gasteiger partial charge in [-0.3, -0.25) is 0 Å². The van der Waals surface area contributed by atoms with Crippen LogP contribution in [-0.4, -0.2) is 12.2 Å². The second-order valence-electron chi connectivity index (χ2n) is 9.24. The third-order valence-corrected chi connectivity index (χ3v) is 6.82. The number of unbranched alkanes of at least 4 members (excludes halogenated alkanes) is 3. The molecule has 3 aromatic carbocycles. The third-order valence-electron chi connectivity index (χ3n) is 6.82. The molecule has 0 heterocycles. The Kier molecular flexibility index (Phi) is 8.30. The van der Waals surface area contributed by atoms with Crippen LogP contribution in [0.3, 0.4) is 0 Å². The molecular weight excluding hydrogens is 438 g/mol. The van der Waals surface area contributed by atoms with Crippen LogP contribution in [0.4, 0.5) is 8.78 Å². The summed E-state index contributed by atoms with van der Waals surface area (Å²) in [6, 6.07) is 20.9. The molecule has 0 saturated carbocycles. The number of rotatable bonds is 10. The van der Waals surface area contributed by atoms with Crippen LogP contribution < -0.4 is 0 Å². The molecule has 0 bridgehead atoms. The quantitative estimate of drug-likeness (QED) is 0.267. The van der Waals surface area contributed by atoms with Crippen LogP contribution in [0.1, 0.15) is 57.9 Å². The largest absolute Gasteiger partial charge is 0.371 e. The highest BCUT2D eigenvalue weighted by Gasteiger charge is 2.29. The van der Waals surface area contributed by atoms with Crippen LogP contribution in [0.5, 0.6) is 0 Å². The van der Waals surface area contributed by atoms with E-state index < -0.39 is 11.6 Å². The number of hydrogen-bond donors (Lipinski definition) is 0. The van der Waals surface area contributed by atoms with E-state index in [1.54, 1.807) is 12.1 Å². The summed E-state index contributed by atoms with van der Waals surface area (Å²) >= 11 is 0. The molecule has 35 heavy (non-hydrogen) atoms. The molecule has 3 heteroatoms. The van der Waals surface area contributed by atoms with Crippen molar-refractivity contribution in [2.45, 2.75) is 58.0 Å². The molecule has 1 atom stereocenters. The molecule has 1 nitrogen and oxygen atoms in total. The second-order valence-corrected chi connectivity index (χ2v) is 9.24. The van der Waals surface area contributed by atoms with E-state index in [1.807, 2.05) is 79.7 Å². The Bertz CT molecular complexity index is 1180. The molecule has 3 aromatic rings. The molecule has 0 spiro atoms. The van der Waals surface area contributed by atoms with Crippen molar-refractivity contribution in [1.82, 2.24) is 0 Å². The van der Waals surface area contributed by atoms with Gasteiger partial charge >= 0.3 is 0 Å². The Morgan fingerprint density at radius 3 is 2.06 bits per heavy atom. The van der Waals surface area contributed by atoms with Crippen LogP contribution in [0, 0.1) is 11.6 Å². The van der Waals surface area contributed by atoms with Gasteiger partial charge in [0.15, 0.2) is 11.6 Å². The summed E-state index contributed by atoms with van der Waals surface area (Å²) in [4.78, 5) is 0. The predicted octanol–water partition coefficient (Wildman–Crippen LogP) is 9.39. The second kappa shape index (κ2) is 11.6. The lowest BCUT2D eigenvalue weighted by Gasteiger charge is -2.32. The first-order chi connectivity index (χ1) is 17.1. The Labute approximate surface area is 208 Å². The zero-order valence-electron chi connectivity index (χ0n) is 20.7. The van der Waals surface area contributed by atoms with E-state index in [0.29, 0.717) is 29.7 Å². The maximum atomic E-state index is 15.2. The molecule has 0 aromatic heterocycles. The van der Waals surface area contributed by atoms with Crippen molar-refractivity contribution in [2.24, 2.45) is 0 Å². The monoisotopic (exact) mass is 472 g/mol. The van der Waals surface area contributed by atoms with Gasteiger partial charge in [-0.05, 0) is 42.0 Å². The molecule has 0 fully saturated rings. The fourth-order valence-corrected chi connectivity index (χ4v) is 4.83. The fourth-order valence-electron chi connectivity index (χ4n) is 4.83. The van der Waals surface area contributed by atoms with Gasteiger partial charge in [-0.1, -0.05) is 118 Å². The summed E-state index contributed by atoms with van der Waals surface area (Å²) in [7, 11) is 0. The van der Waals surface area contributed by atoms with Crippen molar-refractivity contribution in [3.8, 4) is 22.3 Å². The van der Waals surface area contributed by atoms with Crippen molar-refractivity contribution in [2.75, 3.05) is 6.61 Å². The Hall–Kier alpha value is -3.04. The van der Waals surface area contributed by atoms with E-state index in [2.05, 4.69) is 6.92 Å². The molecular formula is C32H34F2O. The highest BCUT2D eigenvalue weighted by atomic mass is 19.2. The van der Waals surface area contributed by atoms with E-state index in [-0.39, 0.29) is 11.2 Å². The molecule has 4 rings (SSSR count). The number of halogens is 2. The first-order valence-corrected chi connectivity index (χ1v) is 12.7. The Balaban J connectivity index is 1.53. The van der Waals surface area contributed by atoms with Crippen molar-refractivity contribution < 1.29 is 13.5 Å². The van der Waals surface area contributed by atoms with Crippen LogP contribution in [-0.2, 0) is 4.74 Å². The van der Waals surface area contributed by atoms with Gasteiger partial charge in [0.05, 0.1) is 5.60 Å². The molecule has 0 radical (unpaired) electrons. The average molecular weight is 473 g/mol. The minimum absolute atomic E-state index is 0.269. The first kappa shape index (κ1) is 25.1. The molecule has 0 aliphatic heterocycles. The summed E-state index contributed by atoms with van der Waals surface area (Å²) in [5.74, 6) is -1.62. The third kappa shape index (κ3) is 5.79. The minimum atomic E-state index is -0.814. The van der Waals surface area contributed by atoms with Crippen molar-refractivity contribution >= 4 is 5.57 Å². The zero-order valence-corrected chi connectivity index (χ0v) is 20.7. The number of allylic oxidation sites excluding steroid dienone is 2. The lowest BCUT2D eigenvalue weighted by molar-refractivity contribution is -0.00726. The van der Waals surface area contributed by atoms with E-state index >= 15 is 8.78 Å². The van der Waals surface area contributed by atoms with Crippen LogP contribution in [0.2, 0.25) is 0 Å². The highest BCUT2D eigenvalue weighted by molar-refractivity contribution is 5.78. The number of hydrogen-bond acceptors (Lipinski definition) is 1. The van der Waals surface area contributed by atoms with Crippen LogP contribution in [0.25, 0.3) is 27.8 Å². The van der Waals surface area contributed by atoms with Gasteiger partial charge in [0.2, 0.25) is 0 Å². The molecule has 0 saturated heterocycles. The SMILES string of the molecule is CCCCCCC1(OCC)C=CC(c2ccc(-c3ccc(-c4ccccc4)cc3)c(F)c2F)=CC1. The summed E-state index contributed by atoms with van der Waals surface area (Å²) in [5, 5.41) is 0. The maximum Gasteiger partial charge on any atom is 0.167 e. The maximum absolute atomic E-state index is 15.2. The summed E-state index contributed by atoms with van der Waals surface area (Å²) in [5.41, 5.74) is 3.70. The van der Waals surface area contributed by atoms with Gasteiger partial charge in [0.1, 0.15) is 0 Å². The van der Waals surface area contributed by atoms with E-state index in [9.17, 15) is 0 Å². The molecule has 0 amide bonds. The highest BCUT2D eigenvalue weighted by Crippen LogP contribution is 2.36. The van der Waals surface area contributed by atoms with Gasteiger partial charge < -0.3 is 4.74 Å². The van der Waals surface area contributed by atoms with E-state index in [4.69, 9.17) is 4.74 Å². The standard InChI is InChI=1S/C32H34F2O/c1-3-5-6-10-21-32(35-4-2)22-19-27(20-23-32)29-18-17-28(30(33)31(29)34)26-15-13-25(14-16-26)24-11-8-7-9-12-24/h7-9,11-20,22H,3-6,10,21,23H2,1-2H3. The van der Waals surface area contributed by atoms with Crippen molar-refractivity contribution in [1.29, 1.82) is 0 Å². The van der Waals surface area contributed by atoms with Gasteiger partial charge in [0, 0.05) is 17.7 Å². The Morgan fingerprint density at radius 1 is 0.743 bits per heavy atom. The number of benzene rings is 3. The predicted molar refractivity (Wildman–Crippen MR) is 142 cm³/mol. The molecule has 0 N–H and O–H groups in total. The smallest absolute Gasteiger partial charge is 0.167 e. The normalized spacial score (nSPS) is 17.4. The van der Waals surface area contributed by atoms with Crippen molar-refractivity contribution in [3.63, 3.8) is 0 Å². The van der Waals surface area contributed by atoms with E-state index in [0.717, 1.165) is 24.0 Å². The van der Waals surface area contributed by atoms with Gasteiger partial charge in [0.25, 0.3) is 0 Å². The Morgan fingerprint density at radius 2 is 1.40 bits per heavy atom. The van der Waals surface area contributed by atoms with Gasteiger partial charge in [-0.15, -0.1) is 0 Å². The number of ether oxygens (including phenoxy) is 1. The minimum Gasteiger partial charge on any atom is -0.371 e. The lowest BCUT2D eigenvalue weighted by atomic mass is 9.85. The topological polar surface area (TPSA) is 9.23 Å².